The van der Waals surface area contributed by atoms with Crippen molar-refractivity contribution >= 4 is 0 Å². The van der Waals surface area contributed by atoms with Crippen LogP contribution >= 0.6 is 0 Å². The molecule has 0 heterocycles. The molecule has 1 fully saturated rings. The highest BCUT2D eigenvalue weighted by Gasteiger charge is 2.63. The van der Waals surface area contributed by atoms with E-state index in [-0.39, 0.29) is 0 Å². The second-order valence-corrected chi connectivity index (χ2v) is 4.74. The van der Waals surface area contributed by atoms with Crippen molar-refractivity contribution in [3.05, 3.63) is 0 Å². The minimum absolute atomic E-state index is 0.518. The van der Waals surface area contributed by atoms with Crippen LogP contribution in [0.1, 0.15) is 40.5 Å². The molecule has 0 bridgehead atoms. The molecule has 0 spiro atoms. The van der Waals surface area contributed by atoms with Gasteiger partial charge < -0.3 is 0 Å². The predicted octanol–water partition coefficient (Wildman–Crippen LogP) is 3.08. The Kier molecular flexibility index (Phi) is 1.79. The van der Waals surface area contributed by atoms with Crippen LogP contribution in [0.4, 0.5) is 0 Å². The van der Waals surface area contributed by atoms with E-state index in [1.807, 2.05) is 0 Å². The van der Waals surface area contributed by atoms with Crippen molar-refractivity contribution in [3.8, 4) is 12.3 Å². The van der Waals surface area contributed by atoms with Gasteiger partial charge in [-0.15, -0.1) is 12.3 Å². The molecule has 11 heavy (non-hydrogen) atoms. The summed E-state index contributed by atoms with van der Waals surface area (Å²) in [4.78, 5) is 0. The first-order chi connectivity index (χ1) is 4.94. The van der Waals surface area contributed by atoms with Gasteiger partial charge in [0.2, 0.25) is 0 Å². The van der Waals surface area contributed by atoms with Crippen LogP contribution in [0, 0.1) is 29.1 Å². The second kappa shape index (κ2) is 2.27. The lowest BCUT2D eigenvalue weighted by Crippen LogP contribution is -1.95. The fourth-order valence-corrected chi connectivity index (χ4v) is 2.28. The van der Waals surface area contributed by atoms with Gasteiger partial charge in [-0.3, -0.25) is 0 Å². The Labute approximate surface area is 70.4 Å². The van der Waals surface area contributed by atoms with Crippen LogP contribution in [0.5, 0.6) is 0 Å². The summed E-state index contributed by atoms with van der Waals surface area (Å²) < 4.78 is 0. The van der Waals surface area contributed by atoms with Gasteiger partial charge >= 0.3 is 0 Å². The monoisotopic (exact) mass is 150 g/mol. The van der Waals surface area contributed by atoms with Gasteiger partial charge in [0, 0.05) is 6.42 Å². The van der Waals surface area contributed by atoms with Crippen molar-refractivity contribution < 1.29 is 0 Å². The number of rotatable bonds is 2. The minimum Gasteiger partial charge on any atom is -0.120 e. The van der Waals surface area contributed by atoms with Gasteiger partial charge in [-0.05, 0) is 23.2 Å². The molecule has 0 saturated heterocycles. The normalized spacial score (nSPS) is 26.1. The zero-order valence-electron chi connectivity index (χ0n) is 8.07. The Morgan fingerprint density at radius 1 is 1.18 bits per heavy atom. The molecule has 0 nitrogen and oxygen atoms in total. The van der Waals surface area contributed by atoms with Gasteiger partial charge in [-0.1, -0.05) is 27.7 Å². The third-order valence-electron chi connectivity index (χ3n) is 3.90. The van der Waals surface area contributed by atoms with E-state index in [0.717, 1.165) is 12.3 Å². The van der Waals surface area contributed by atoms with Gasteiger partial charge in [0.15, 0.2) is 0 Å². The molecule has 62 valence electrons. The van der Waals surface area contributed by atoms with E-state index < -0.39 is 0 Å². The largest absolute Gasteiger partial charge is 0.120 e. The van der Waals surface area contributed by atoms with Crippen LogP contribution in [-0.4, -0.2) is 0 Å². The summed E-state index contributed by atoms with van der Waals surface area (Å²) in [5.74, 6) is 3.55. The van der Waals surface area contributed by atoms with Gasteiger partial charge in [0.05, 0.1) is 0 Å². The minimum atomic E-state index is 0.518. The number of hydrogen-bond donors (Lipinski definition) is 0. The number of hydrogen-bond acceptors (Lipinski definition) is 0. The molecule has 0 aliphatic heterocycles. The van der Waals surface area contributed by atoms with Crippen molar-refractivity contribution in [3.63, 3.8) is 0 Å². The van der Waals surface area contributed by atoms with Gasteiger partial charge in [-0.2, -0.15) is 0 Å². The molecule has 0 aromatic carbocycles. The average molecular weight is 150 g/mol. The van der Waals surface area contributed by atoms with Crippen LogP contribution in [-0.2, 0) is 0 Å². The quantitative estimate of drug-likeness (QED) is 0.531. The first kappa shape index (κ1) is 8.65. The van der Waals surface area contributed by atoms with Crippen LogP contribution in [0.25, 0.3) is 0 Å². The summed E-state index contributed by atoms with van der Waals surface area (Å²) in [6.45, 7) is 9.37. The Morgan fingerprint density at radius 3 is 1.91 bits per heavy atom. The van der Waals surface area contributed by atoms with Crippen LogP contribution in [0.3, 0.4) is 0 Å². The van der Waals surface area contributed by atoms with Crippen molar-refractivity contribution in [1.29, 1.82) is 0 Å². The molecule has 0 radical (unpaired) electrons. The smallest absolute Gasteiger partial charge is 0.00891 e. The second-order valence-electron chi connectivity index (χ2n) is 4.74. The highest BCUT2D eigenvalue weighted by atomic mass is 14.7. The third-order valence-corrected chi connectivity index (χ3v) is 3.90. The Balaban J connectivity index is 2.48. The van der Waals surface area contributed by atoms with Crippen LogP contribution in [0.15, 0.2) is 0 Å². The predicted molar refractivity (Wildman–Crippen MR) is 49.1 cm³/mol. The number of terminal acetylenes is 1. The Hall–Kier alpha value is -0.440. The maximum Gasteiger partial charge on any atom is 0.00891 e. The maximum absolute atomic E-state index is 5.23. The SMILES string of the molecule is C#CCCC1C(C)(C)C1(C)C. The van der Waals surface area contributed by atoms with E-state index in [4.69, 9.17) is 6.42 Å². The molecule has 1 aliphatic rings. The molecule has 0 atom stereocenters. The Bertz CT molecular complexity index is 177. The van der Waals surface area contributed by atoms with Crippen molar-refractivity contribution in [2.75, 3.05) is 0 Å². The van der Waals surface area contributed by atoms with Crippen molar-refractivity contribution in [2.24, 2.45) is 16.7 Å². The van der Waals surface area contributed by atoms with Crippen molar-refractivity contribution in [1.82, 2.24) is 0 Å². The fourth-order valence-electron chi connectivity index (χ4n) is 2.28. The molecule has 0 unspecified atom stereocenters. The lowest BCUT2D eigenvalue weighted by atomic mass is 10.0. The highest BCUT2D eigenvalue weighted by Crippen LogP contribution is 2.69. The maximum atomic E-state index is 5.23. The van der Waals surface area contributed by atoms with E-state index in [1.54, 1.807) is 0 Å². The fraction of sp³-hybridized carbons (Fsp3) is 0.818. The first-order valence-corrected chi connectivity index (χ1v) is 4.38. The summed E-state index contributed by atoms with van der Waals surface area (Å²) >= 11 is 0. The first-order valence-electron chi connectivity index (χ1n) is 4.38. The molecular formula is C11H18. The molecule has 1 rings (SSSR count). The average Bonchev–Trinajstić information content (AvgIpc) is 2.23. The van der Waals surface area contributed by atoms with Crippen LogP contribution < -0.4 is 0 Å². The lowest BCUT2D eigenvalue weighted by Gasteiger charge is -2.04. The lowest BCUT2D eigenvalue weighted by molar-refractivity contribution is 0.457. The van der Waals surface area contributed by atoms with E-state index in [2.05, 4.69) is 33.6 Å². The topological polar surface area (TPSA) is 0 Å². The molecule has 0 aromatic heterocycles. The zero-order chi connectivity index (χ0) is 8.70. The van der Waals surface area contributed by atoms with E-state index in [1.165, 1.54) is 6.42 Å². The standard InChI is InChI=1S/C11H18/c1-6-7-8-9-10(2,3)11(9,4)5/h1,9H,7-8H2,2-5H3. The third kappa shape index (κ3) is 1.07. The van der Waals surface area contributed by atoms with E-state index >= 15 is 0 Å². The molecule has 1 aliphatic carbocycles. The zero-order valence-corrected chi connectivity index (χ0v) is 8.07. The molecular weight excluding hydrogens is 132 g/mol. The summed E-state index contributed by atoms with van der Waals surface area (Å²) in [5.41, 5.74) is 1.04. The highest BCUT2D eigenvalue weighted by molar-refractivity contribution is 5.12. The molecule has 0 aromatic rings. The van der Waals surface area contributed by atoms with Gasteiger partial charge in [0.1, 0.15) is 0 Å². The van der Waals surface area contributed by atoms with Crippen LogP contribution in [0.2, 0.25) is 0 Å². The van der Waals surface area contributed by atoms with Gasteiger partial charge in [0.25, 0.3) is 0 Å². The molecule has 0 heteroatoms. The summed E-state index contributed by atoms with van der Waals surface area (Å²) in [6, 6.07) is 0. The summed E-state index contributed by atoms with van der Waals surface area (Å²) in [5, 5.41) is 0. The summed E-state index contributed by atoms with van der Waals surface area (Å²) in [6.07, 6.45) is 7.38. The van der Waals surface area contributed by atoms with Crippen molar-refractivity contribution in [2.45, 2.75) is 40.5 Å². The summed E-state index contributed by atoms with van der Waals surface area (Å²) in [7, 11) is 0. The van der Waals surface area contributed by atoms with Gasteiger partial charge in [-0.25, -0.2) is 0 Å². The Morgan fingerprint density at radius 2 is 1.64 bits per heavy atom. The molecule has 0 amide bonds. The molecule has 0 N–H and O–H groups in total. The van der Waals surface area contributed by atoms with E-state index in [0.29, 0.717) is 10.8 Å². The molecule has 1 saturated carbocycles. The van der Waals surface area contributed by atoms with E-state index in [9.17, 15) is 0 Å².